The summed E-state index contributed by atoms with van der Waals surface area (Å²) in [6.45, 7) is 2.47. The van der Waals surface area contributed by atoms with Gasteiger partial charge in [0.05, 0.1) is 12.0 Å². The molecular formula is C15H18FNO4. The van der Waals surface area contributed by atoms with Crippen molar-refractivity contribution in [2.45, 2.75) is 31.7 Å². The van der Waals surface area contributed by atoms with E-state index in [0.29, 0.717) is 37.2 Å². The summed E-state index contributed by atoms with van der Waals surface area (Å²) in [5.74, 6) is -1.75. The van der Waals surface area contributed by atoms with E-state index >= 15 is 0 Å². The first kappa shape index (κ1) is 15.4. The van der Waals surface area contributed by atoms with Crippen LogP contribution in [0.2, 0.25) is 0 Å². The van der Waals surface area contributed by atoms with Crippen LogP contribution in [-0.2, 0) is 9.53 Å². The van der Waals surface area contributed by atoms with Crippen LogP contribution >= 0.6 is 0 Å². The maximum atomic E-state index is 13.1. The van der Waals surface area contributed by atoms with E-state index in [1.807, 2.05) is 0 Å². The summed E-state index contributed by atoms with van der Waals surface area (Å²) in [5, 5.41) is 11.9. The molecule has 0 aromatic heterocycles. The van der Waals surface area contributed by atoms with Gasteiger partial charge in [-0.15, -0.1) is 0 Å². The third kappa shape index (κ3) is 3.78. The van der Waals surface area contributed by atoms with Crippen LogP contribution in [-0.4, -0.2) is 35.7 Å². The molecule has 5 nitrogen and oxygen atoms in total. The number of hydrogen-bond donors (Lipinski definition) is 2. The van der Waals surface area contributed by atoms with E-state index < -0.39 is 17.3 Å². The topological polar surface area (TPSA) is 75.6 Å². The smallest absolute Gasteiger partial charge is 0.305 e. The predicted octanol–water partition coefficient (Wildman–Crippen LogP) is 1.89. The van der Waals surface area contributed by atoms with Crippen LogP contribution in [0.25, 0.3) is 0 Å². The number of rotatable bonds is 4. The van der Waals surface area contributed by atoms with E-state index in [4.69, 9.17) is 9.84 Å². The van der Waals surface area contributed by atoms with Crippen molar-refractivity contribution in [1.29, 1.82) is 0 Å². The van der Waals surface area contributed by atoms with Crippen LogP contribution in [0, 0.1) is 12.7 Å². The van der Waals surface area contributed by atoms with E-state index in [9.17, 15) is 14.0 Å². The number of nitrogens with one attached hydrogen (secondary N) is 1. The highest BCUT2D eigenvalue weighted by molar-refractivity contribution is 5.96. The first-order chi connectivity index (χ1) is 9.92. The molecule has 1 aliphatic rings. The van der Waals surface area contributed by atoms with Gasteiger partial charge in [-0.25, -0.2) is 4.39 Å². The molecule has 6 heteroatoms. The minimum atomic E-state index is -0.965. The lowest BCUT2D eigenvalue weighted by Crippen LogP contribution is -2.53. The van der Waals surface area contributed by atoms with E-state index in [-0.39, 0.29) is 12.3 Å². The SMILES string of the molecule is Cc1cc(F)ccc1C(=O)NC1(CC(=O)O)CCOCC1. The fraction of sp³-hybridized carbons (Fsp3) is 0.467. The van der Waals surface area contributed by atoms with Crippen LogP contribution in [0.1, 0.15) is 35.2 Å². The molecule has 1 heterocycles. The van der Waals surface area contributed by atoms with Crippen molar-refractivity contribution in [3.63, 3.8) is 0 Å². The minimum absolute atomic E-state index is 0.150. The molecule has 1 fully saturated rings. The van der Waals surface area contributed by atoms with Crippen molar-refractivity contribution < 1.29 is 23.8 Å². The summed E-state index contributed by atoms with van der Waals surface area (Å²) in [6.07, 6.45) is 0.749. The van der Waals surface area contributed by atoms with Gasteiger partial charge in [0, 0.05) is 18.8 Å². The number of halogens is 1. The van der Waals surface area contributed by atoms with Crippen LogP contribution in [0.5, 0.6) is 0 Å². The third-order valence-corrected chi connectivity index (χ3v) is 3.75. The molecular weight excluding hydrogens is 277 g/mol. The number of aliphatic carboxylic acids is 1. The Balaban J connectivity index is 2.19. The molecule has 21 heavy (non-hydrogen) atoms. The zero-order valence-corrected chi connectivity index (χ0v) is 11.8. The van der Waals surface area contributed by atoms with Crippen molar-refractivity contribution in [1.82, 2.24) is 5.32 Å². The summed E-state index contributed by atoms with van der Waals surface area (Å²) in [5.41, 5.74) is 0.0693. The third-order valence-electron chi connectivity index (χ3n) is 3.75. The van der Waals surface area contributed by atoms with Crippen molar-refractivity contribution in [3.8, 4) is 0 Å². The summed E-state index contributed by atoms with van der Waals surface area (Å²) >= 11 is 0. The lowest BCUT2D eigenvalue weighted by molar-refractivity contribution is -0.139. The van der Waals surface area contributed by atoms with Gasteiger partial charge >= 0.3 is 5.97 Å². The van der Waals surface area contributed by atoms with E-state index in [0.717, 1.165) is 0 Å². The fourth-order valence-corrected chi connectivity index (χ4v) is 2.59. The van der Waals surface area contributed by atoms with Crippen LogP contribution in [0.15, 0.2) is 18.2 Å². The summed E-state index contributed by atoms with van der Waals surface area (Å²) in [6, 6.07) is 3.91. The van der Waals surface area contributed by atoms with Gasteiger partial charge in [-0.3, -0.25) is 9.59 Å². The molecule has 0 aliphatic carbocycles. The summed E-state index contributed by atoms with van der Waals surface area (Å²) < 4.78 is 18.3. The van der Waals surface area contributed by atoms with Crippen LogP contribution < -0.4 is 5.32 Å². The molecule has 1 aromatic rings. The lowest BCUT2D eigenvalue weighted by Gasteiger charge is -2.37. The van der Waals surface area contributed by atoms with E-state index in [1.54, 1.807) is 6.92 Å². The van der Waals surface area contributed by atoms with Crippen molar-refractivity contribution in [3.05, 3.63) is 35.1 Å². The average molecular weight is 295 g/mol. The molecule has 0 unspecified atom stereocenters. The molecule has 1 aliphatic heterocycles. The maximum Gasteiger partial charge on any atom is 0.305 e. The standard InChI is InChI=1S/C15H18FNO4/c1-10-8-11(16)2-3-12(10)14(20)17-15(9-13(18)19)4-6-21-7-5-15/h2-3,8H,4-7,9H2,1H3,(H,17,20)(H,18,19). The van der Waals surface area contributed by atoms with Crippen LogP contribution in [0.3, 0.4) is 0 Å². The number of amides is 1. The maximum absolute atomic E-state index is 13.1. The molecule has 2 rings (SSSR count). The molecule has 0 spiro atoms. The number of ether oxygens (including phenoxy) is 1. The quantitative estimate of drug-likeness (QED) is 0.889. The highest BCUT2D eigenvalue weighted by Crippen LogP contribution is 2.25. The number of hydrogen-bond acceptors (Lipinski definition) is 3. The van der Waals surface area contributed by atoms with Gasteiger partial charge in [0.2, 0.25) is 0 Å². The van der Waals surface area contributed by atoms with Gasteiger partial charge in [-0.05, 0) is 43.5 Å². The Morgan fingerprint density at radius 1 is 1.38 bits per heavy atom. The molecule has 1 saturated heterocycles. The monoisotopic (exact) mass is 295 g/mol. The second kappa shape index (κ2) is 6.22. The molecule has 1 aromatic carbocycles. The highest BCUT2D eigenvalue weighted by atomic mass is 19.1. The number of carbonyl (C=O) groups excluding carboxylic acids is 1. The molecule has 1 amide bonds. The summed E-state index contributed by atoms with van der Waals surface area (Å²) in [7, 11) is 0. The van der Waals surface area contributed by atoms with Crippen LogP contribution in [0.4, 0.5) is 4.39 Å². The Bertz CT molecular complexity index is 553. The molecule has 0 atom stereocenters. The predicted molar refractivity (Wildman–Crippen MR) is 73.6 cm³/mol. The molecule has 114 valence electrons. The van der Waals surface area contributed by atoms with Gasteiger partial charge in [0.1, 0.15) is 5.82 Å². The lowest BCUT2D eigenvalue weighted by atomic mass is 9.86. The molecule has 0 saturated carbocycles. The van der Waals surface area contributed by atoms with Crippen molar-refractivity contribution >= 4 is 11.9 Å². The largest absolute Gasteiger partial charge is 0.481 e. The first-order valence-corrected chi connectivity index (χ1v) is 6.80. The summed E-state index contributed by atoms with van der Waals surface area (Å²) in [4.78, 5) is 23.4. The number of carboxylic acids is 1. The Labute approximate surface area is 122 Å². The average Bonchev–Trinajstić information content (AvgIpc) is 2.38. The Morgan fingerprint density at radius 2 is 2.05 bits per heavy atom. The van der Waals surface area contributed by atoms with Gasteiger partial charge in [-0.2, -0.15) is 0 Å². The highest BCUT2D eigenvalue weighted by Gasteiger charge is 2.36. The fourth-order valence-electron chi connectivity index (χ4n) is 2.59. The first-order valence-electron chi connectivity index (χ1n) is 6.80. The molecule has 0 radical (unpaired) electrons. The number of benzene rings is 1. The number of carbonyl (C=O) groups is 2. The van der Waals surface area contributed by atoms with Gasteiger partial charge in [-0.1, -0.05) is 0 Å². The molecule has 0 bridgehead atoms. The Morgan fingerprint density at radius 3 is 2.62 bits per heavy atom. The van der Waals surface area contributed by atoms with Crippen molar-refractivity contribution in [2.24, 2.45) is 0 Å². The van der Waals surface area contributed by atoms with Gasteiger partial charge in [0.15, 0.2) is 0 Å². The number of carboxylic acid groups (broad SMARTS) is 1. The molecule has 2 N–H and O–H groups in total. The Kier molecular flexibility index (Phi) is 4.57. The van der Waals surface area contributed by atoms with Gasteiger partial charge in [0.25, 0.3) is 5.91 Å². The van der Waals surface area contributed by atoms with E-state index in [1.165, 1.54) is 18.2 Å². The zero-order chi connectivity index (χ0) is 15.5. The van der Waals surface area contributed by atoms with Gasteiger partial charge < -0.3 is 15.2 Å². The van der Waals surface area contributed by atoms with E-state index in [2.05, 4.69) is 5.32 Å². The minimum Gasteiger partial charge on any atom is -0.481 e. The second-order valence-electron chi connectivity index (χ2n) is 5.38. The number of aryl methyl sites for hydroxylation is 1. The van der Waals surface area contributed by atoms with Crippen molar-refractivity contribution in [2.75, 3.05) is 13.2 Å². The zero-order valence-electron chi connectivity index (χ0n) is 11.8. The normalized spacial score (nSPS) is 17.2. The second-order valence-corrected chi connectivity index (χ2v) is 5.38. The Hall–Kier alpha value is -1.95.